The van der Waals surface area contributed by atoms with Gasteiger partial charge in [0.2, 0.25) is 0 Å². The Morgan fingerprint density at radius 2 is 2.44 bits per heavy atom. The number of aromatic nitrogens is 2. The Balaban J connectivity index is 2.27. The third-order valence-electron chi connectivity index (χ3n) is 3.23. The molecule has 88 valence electrons. The highest BCUT2D eigenvalue weighted by Gasteiger charge is 2.27. The lowest BCUT2D eigenvalue weighted by Gasteiger charge is -2.20. The molecule has 2 heterocycles. The van der Waals surface area contributed by atoms with Crippen molar-refractivity contribution in [3.05, 3.63) is 17.5 Å². The van der Waals surface area contributed by atoms with Gasteiger partial charge in [0, 0.05) is 7.05 Å². The second kappa shape index (κ2) is 4.25. The molecule has 1 atom stereocenters. The summed E-state index contributed by atoms with van der Waals surface area (Å²) in [5.74, 6) is -0.915. The van der Waals surface area contributed by atoms with Gasteiger partial charge in [0.15, 0.2) is 0 Å². The van der Waals surface area contributed by atoms with Crippen LogP contribution in [-0.2, 0) is 7.05 Å². The summed E-state index contributed by atoms with van der Waals surface area (Å²) in [6.45, 7) is 4.20. The van der Waals surface area contributed by atoms with E-state index in [2.05, 4.69) is 16.9 Å². The average molecular weight is 223 g/mol. The Morgan fingerprint density at radius 3 is 3.00 bits per heavy atom. The number of carboxylic acid groups (broad SMARTS) is 1. The molecule has 2 rings (SSSR count). The van der Waals surface area contributed by atoms with Crippen molar-refractivity contribution in [2.75, 3.05) is 13.1 Å². The lowest BCUT2D eigenvalue weighted by atomic mass is 10.1. The highest BCUT2D eigenvalue weighted by molar-refractivity contribution is 5.85. The quantitative estimate of drug-likeness (QED) is 0.838. The molecular weight excluding hydrogens is 206 g/mol. The normalized spacial score (nSPS) is 21.5. The molecule has 0 spiro atoms. The molecule has 1 N–H and O–H groups in total. The number of hydrogen-bond donors (Lipinski definition) is 1. The van der Waals surface area contributed by atoms with Crippen molar-refractivity contribution in [2.45, 2.75) is 25.8 Å². The molecule has 1 aliphatic heterocycles. The molecule has 1 aromatic rings. The van der Waals surface area contributed by atoms with Gasteiger partial charge in [0.05, 0.1) is 11.7 Å². The number of likely N-dealkylation sites (tertiary alicyclic amines) is 1. The van der Waals surface area contributed by atoms with Crippen LogP contribution in [0.3, 0.4) is 0 Å². The Hall–Kier alpha value is -1.36. The fourth-order valence-corrected chi connectivity index (χ4v) is 2.39. The van der Waals surface area contributed by atoms with E-state index in [1.165, 1.54) is 4.68 Å². The van der Waals surface area contributed by atoms with Gasteiger partial charge in [0.25, 0.3) is 0 Å². The predicted octanol–water partition coefficient (Wildman–Crippen LogP) is 1.28. The third-order valence-corrected chi connectivity index (χ3v) is 3.23. The van der Waals surface area contributed by atoms with Gasteiger partial charge >= 0.3 is 5.97 Å². The van der Waals surface area contributed by atoms with Crippen LogP contribution in [0.1, 0.15) is 42.0 Å². The smallest absolute Gasteiger partial charge is 0.354 e. The average Bonchev–Trinajstić information content (AvgIpc) is 2.82. The maximum absolute atomic E-state index is 10.9. The largest absolute Gasteiger partial charge is 0.477 e. The molecule has 0 saturated carbocycles. The molecule has 0 bridgehead atoms. The molecule has 5 heteroatoms. The van der Waals surface area contributed by atoms with Crippen molar-refractivity contribution in [3.8, 4) is 0 Å². The van der Waals surface area contributed by atoms with Crippen LogP contribution in [0.2, 0.25) is 0 Å². The number of hydrogen-bond acceptors (Lipinski definition) is 3. The minimum absolute atomic E-state index is 0.262. The lowest BCUT2D eigenvalue weighted by molar-refractivity contribution is 0.0685. The van der Waals surface area contributed by atoms with Crippen molar-refractivity contribution in [3.63, 3.8) is 0 Å². The van der Waals surface area contributed by atoms with Crippen LogP contribution in [-0.4, -0.2) is 38.8 Å². The monoisotopic (exact) mass is 223 g/mol. The first kappa shape index (κ1) is 11.1. The van der Waals surface area contributed by atoms with Gasteiger partial charge < -0.3 is 5.11 Å². The highest BCUT2D eigenvalue weighted by Crippen LogP contribution is 2.30. The number of aryl methyl sites for hydroxylation is 1. The first-order valence-corrected chi connectivity index (χ1v) is 5.64. The summed E-state index contributed by atoms with van der Waals surface area (Å²) in [5, 5.41) is 13.3. The summed E-state index contributed by atoms with van der Waals surface area (Å²) in [4.78, 5) is 13.3. The highest BCUT2D eigenvalue weighted by atomic mass is 16.4. The second-order valence-corrected chi connectivity index (χ2v) is 4.17. The first-order valence-electron chi connectivity index (χ1n) is 5.64. The van der Waals surface area contributed by atoms with Crippen LogP contribution in [0.25, 0.3) is 0 Å². The van der Waals surface area contributed by atoms with Gasteiger partial charge in [-0.2, -0.15) is 5.10 Å². The summed E-state index contributed by atoms with van der Waals surface area (Å²) in [6.07, 6.45) is 2.24. The maximum Gasteiger partial charge on any atom is 0.354 e. The predicted molar refractivity (Wildman–Crippen MR) is 59.4 cm³/mol. The minimum atomic E-state index is -0.915. The van der Waals surface area contributed by atoms with E-state index >= 15 is 0 Å². The number of carboxylic acids is 1. The summed E-state index contributed by atoms with van der Waals surface area (Å²) in [6, 6.07) is 1.99. The Kier molecular flexibility index (Phi) is 2.96. The lowest BCUT2D eigenvalue weighted by Crippen LogP contribution is -2.23. The molecule has 1 saturated heterocycles. The fourth-order valence-electron chi connectivity index (χ4n) is 2.39. The van der Waals surface area contributed by atoms with E-state index in [0.717, 1.165) is 31.6 Å². The first-order chi connectivity index (χ1) is 7.63. The van der Waals surface area contributed by atoms with Crippen molar-refractivity contribution >= 4 is 5.97 Å². The molecule has 1 aromatic heterocycles. The maximum atomic E-state index is 10.9. The van der Waals surface area contributed by atoms with E-state index in [9.17, 15) is 4.79 Å². The summed E-state index contributed by atoms with van der Waals surface area (Å²) >= 11 is 0. The van der Waals surface area contributed by atoms with Crippen LogP contribution in [0, 0.1) is 0 Å². The van der Waals surface area contributed by atoms with Gasteiger partial charge in [0.1, 0.15) is 5.69 Å². The molecule has 0 amide bonds. The van der Waals surface area contributed by atoms with E-state index in [1.807, 2.05) is 0 Å². The van der Waals surface area contributed by atoms with Gasteiger partial charge in [-0.05, 0) is 32.0 Å². The van der Waals surface area contributed by atoms with Crippen LogP contribution in [0.15, 0.2) is 6.07 Å². The van der Waals surface area contributed by atoms with Crippen LogP contribution < -0.4 is 0 Å². The standard InChI is InChI=1S/C11H17N3O2/c1-3-14-6-4-5-9(14)8-7-10(11(15)16)13(2)12-8/h7,9H,3-6H2,1-2H3,(H,15,16). The number of aromatic carboxylic acids is 1. The summed E-state index contributed by atoms with van der Waals surface area (Å²) in [7, 11) is 1.68. The molecule has 5 nitrogen and oxygen atoms in total. The zero-order valence-corrected chi connectivity index (χ0v) is 9.68. The van der Waals surface area contributed by atoms with Crippen molar-refractivity contribution in [1.82, 2.24) is 14.7 Å². The van der Waals surface area contributed by atoms with Crippen LogP contribution in [0.5, 0.6) is 0 Å². The van der Waals surface area contributed by atoms with Gasteiger partial charge in [-0.25, -0.2) is 4.79 Å². The number of nitrogens with zero attached hydrogens (tertiary/aromatic N) is 3. The van der Waals surface area contributed by atoms with Crippen LogP contribution in [0.4, 0.5) is 0 Å². The zero-order valence-electron chi connectivity index (χ0n) is 9.68. The summed E-state index contributed by atoms with van der Waals surface area (Å²) in [5.41, 5.74) is 1.15. The Labute approximate surface area is 94.7 Å². The minimum Gasteiger partial charge on any atom is -0.477 e. The Morgan fingerprint density at radius 1 is 1.69 bits per heavy atom. The van der Waals surface area contributed by atoms with Crippen molar-refractivity contribution in [1.29, 1.82) is 0 Å². The summed E-state index contributed by atoms with van der Waals surface area (Å²) < 4.78 is 1.45. The number of carbonyl (C=O) groups is 1. The molecule has 16 heavy (non-hydrogen) atoms. The van der Waals surface area contributed by atoms with Gasteiger partial charge in [-0.3, -0.25) is 9.58 Å². The van der Waals surface area contributed by atoms with E-state index in [4.69, 9.17) is 5.11 Å². The van der Waals surface area contributed by atoms with E-state index in [1.54, 1.807) is 13.1 Å². The topological polar surface area (TPSA) is 58.4 Å². The van der Waals surface area contributed by atoms with E-state index in [0.29, 0.717) is 6.04 Å². The molecule has 1 fully saturated rings. The van der Waals surface area contributed by atoms with Gasteiger partial charge in [-0.1, -0.05) is 6.92 Å². The van der Waals surface area contributed by atoms with Gasteiger partial charge in [-0.15, -0.1) is 0 Å². The SMILES string of the molecule is CCN1CCCC1c1cc(C(=O)O)n(C)n1. The van der Waals surface area contributed by atoms with Crippen molar-refractivity contribution < 1.29 is 9.90 Å². The number of rotatable bonds is 3. The molecule has 1 unspecified atom stereocenters. The zero-order chi connectivity index (χ0) is 11.7. The molecule has 0 radical (unpaired) electrons. The third kappa shape index (κ3) is 1.82. The van der Waals surface area contributed by atoms with Crippen LogP contribution >= 0.6 is 0 Å². The van der Waals surface area contributed by atoms with E-state index in [-0.39, 0.29) is 5.69 Å². The fraction of sp³-hybridized carbons (Fsp3) is 0.636. The van der Waals surface area contributed by atoms with E-state index < -0.39 is 5.97 Å². The Bertz CT molecular complexity index is 400. The molecule has 0 aromatic carbocycles. The molecule has 1 aliphatic rings. The van der Waals surface area contributed by atoms with Crippen molar-refractivity contribution in [2.24, 2.45) is 7.05 Å². The molecular formula is C11H17N3O2. The second-order valence-electron chi connectivity index (χ2n) is 4.17. The molecule has 0 aliphatic carbocycles.